The van der Waals surface area contributed by atoms with Crippen LogP contribution < -0.4 is 0 Å². The van der Waals surface area contributed by atoms with E-state index >= 15 is 0 Å². The van der Waals surface area contributed by atoms with E-state index < -0.39 is 24.2 Å². The van der Waals surface area contributed by atoms with Crippen LogP contribution >= 0.6 is 11.5 Å². The molecule has 1 unspecified atom stereocenters. The van der Waals surface area contributed by atoms with Crippen LogP contribution in [0.1, 0.15) is 55.4 Å². The van der Waals surface area contributed by atoms with Crippen LogP contribution in [-0.4, -0.2) is 45.4 Å². The van der Waals surface area contributed by atoms with Crippen LogP contribution in [0.15, 0.2) is 23.0 Å². The van der Waals surface area contributed by atoms with Crippen molar-refractivity contribution < 1.29 is 22.8 Å². The number of aliphatic hydroxyl groups is 1. The Labute approximate surface area is 207 Å². The molecule has 0 amide bonds. The summed E-state index contributed by atoms with van der Waals surface area (Å²) < 4.78 is 54.2. The number of aromatic nitrogens is 7. The summed E-state index contributed by atoms with van der Waals surface area (Å²) in [7, 11) is 1.76. The molecule has 1 N–H and O–H groups in total. The topological polar surface area (TPSA) is 108 Å². The van der Waals surface area contributed by atoms with Gasteiger partial charge in [-0.25, -0.2) is 4.68 Å². The van der Waals surface area contributed by atoms with Crippen molar-refractivity contribution in [3.8, 4) is 11.3 Å². The Morgan fingerprint density at radius 3 is 2.53 bits per heavy atom. The molecule has 5 aromatic rings. The van der Waals surface area contributed by atoms with E-state index in [0.29, 0.717) is 49.5 Å². The molecule has 0 aliphatic rings. The van der Waals surface area contributed by atoms with Gasteiger partial charge >= 0.3 is 6.18 Å². The Kier molecular flexibility index (Phi) is 5.67. The maximum Gasteiger partial charge on any atom is 0.389 e. The summed E-state index contributed by atoms with van der Waals surface area (Å²) in [6.45, 7) is 6.70. The number of hydrogen-bond acceptors (Lipinski definition) is 8. The van der Waals surface area contributed by atoms with Gasteiger partial charge in [0.1, 0.15) is 22.6 Å². The lowest BCUT2D eigenvalue weighted by atomic mass is 10.0. The second-order valence-corrected chi connectivity index (χ2v) is 10.2. The molecule has 5 rings (SSSR count). The molecule has 5 aromatic heterocycles. The van der Waals surface area contributed by atoms with Gasteiger partial charge in [0.15, 0.2) is 0 Å². The van der Waals surface area contributed by atoms with E-state index in [2.05, 4.69) is 19.8 Å². The first-order valence-electron chi connectivity index (χ1n) is 11.2. The van der Waals surface area contributed by atoms with Crippen LogP contribution in [0.2, 0.25) is 0 Å². The van der Waals surface area contributed by atoms with Crippen LogP contribution in [-0.2, 0) is 12.6 Å². The molecule has 0 bridgehead atoms. The van der Waals surface area contributed by atoms with Gasteiger partial charge in [0.2, 0.25) is 0 Å². The summed E-state index contributed by atoms with van der Waals surface area (Å²) in [6.07, 6.45) is -2.50. The first-order chi connectivity index (χ1) is 16.9. The van der Waals surface area contributed by atoms with Crippen molar-refractivity contribution >= 4 is 32.8 Å². The minimum absolute atomic E-state index is 0.262. The molecule has 0 spiro atoms. The van der Waals surface area contributed by atoms with Crippen LogP contribution in [0.3, 0.4) is 0 Å². The maximum absolute atomic E-state index is 13.4. The number of rotatable bonds is 6. The Hall–Kier alpha value is -3.32. The summed E-state index contributed by atoms with van der Waals surface area (Å²) >= 11 is 1.16. The van der Waals surface area contributed by atoms with Gasteiger partial charge in [-0.1, -0.05) is 10.4 Å². The van der Waals surface area contributed by atoms with E-state index in [1.807, 2.05) is 13.0 Å². The molecule has 0 aromatic carbocycles. The van der Waals surface area contributed by atoms with Gasteiger partial charge in [0.25, 0.3) is 0 Å². The van der Waals surface area contributed by atoms with E-state index in [1.165, 1.54) is 6.20 Å². The molecule has 0 saturated carbocycles. The Balaban J connectivity index is 1.86. The van der Waals surface area contributed by atoms with Gasteiger partial charge in [0, 0.05) is 30.8 Å². The summed E-state index contributed by atoms with van der Waals surface area (Å²) in [5.74, 6) is 0.418. The van der Waals surface area contributed by atoms with Crippen molar-refractivity contribution in [2.45, 2.75) is 58.4 Å². The highest BCUT2D eigenvalue weighted by atomic mass is 32.1. The minimum Gasteiger partial charge on any atom is -0.384 e. The first-order valence-corrected chi connectivity index (χ1v) is 12.0. The molecule has 190 valence electrons. The zero-order valence-corrected chi connectivity index (χ0v) is 21.1. The quantitative estimate of drug-likeness (QED) is 0.328. The fraction of sp³-hybridized carbons (Fsp3) is 0.435. The fourth-order valence-corrected chi connectivity index (χ4v) is 5.68. The zero-order chi connectivity index (χ0) is 26.0. The SMILES string of the molecule is Cc1nnn(C)c1-c1cnc2c3snc(C(C)(C)O)c3n(C(CCC(F)(F)F)c3cnoc3C)c2c1. The predicted molar refractivity (Wildman–Crippen MR) is 128 cm³/mol. The maximum atomic E-state index is 13.4. The fourth-order valence-electron chi connectivity index (χ4n) is 4.66. The Bertz CT molecular complexity index is 1550. The molecular weight excluding hydrogens is 495 g/mol. The molecule has 5 heterocycles. The van der Waals surface area contributed by atoms with E-state index in [-0.39, 0.29) is 6.42 Å². The summed E-state index contributed by atoms with van der Waals surface area (Å²) in [5, 5.41) is 22.9. The molecule has 1 atom stereocenters. The minimum atomic E-state index is -4.36. The predicted octanol–water partition coefficient (Wildman–Crippen LogP) is 5.21. The number of aryl methyl sites for hydroxylation is 3. The van der Waals surface area contributed by atoms with E-state index in [9.17, 15) is 18.3 Å². The van der Waals surface area contributed by atoms with Crippen LogP contribution in [0, 0.1) is 13.8 Å². The van der Waals surface area contributed by atoms with Gasteiger partial charge in [0.05, 0.1) is 39.4 Å². The molecule has 36 heavy (non-hydrogen) atoms. The molecule has 9 nitrogen and oxygen atoms in total. The number of halogens is 3. The van der Waals surface area contributed by atoms with Crippen molar-refractivity contribution in [3.63, 3.8) is 0 Å². The van der Waals surface area contributed by atoms with Crippen molar-refractivity contribution in [2.24, 2.45) is 7.05 Å². The van der Waals surface area contributed by atoms with Crippen molar-refractivity contribution in [3.05, 3.63) is 41.2 Å². The highest BCUT2D eigenvalue weighted by molar-refractivity contribution is 7.14. The van der Waals surface area contributed by atoms with Gasteiger partial charge in [-0.05, 0) is 51.7 Å². The first kappa shape index (κ1) is 24.4. The highest BCUT2D eigenvalue weighted by Gasteiger charge is 2.35. The third-order valence-corrected chi connectivity index (χ3v) is 7.10. The third kappa shape index (κ3) is 4.05. The van der Waals surface area contributed by atoms with E-state index in [0.717, 1.165) is 17.2 Å². The van der Waals surface area contributed by atoms with E-state index in [1.54, 1.807) is 43.3 Å². The van der Waals surface area contributed by atoms with Crippen molar-refractivity contribution in [1.82, 2.24) is 34.1 Å². The summed E-state index contributed by atoms with van der Waals surface area (Å²) in [6, 6.07) is 1.08. The third-order valence-electron chi connectivity index (χ3n) is 6.26. The van der Waals surface area contributed by atoms with Gasteiger partial charge in [-0.3, -0.25) is 4.98 Å². The van der Waals surface area contributed by atoms with Crippen molar-refractivity contribution in [1.29, 1.82) is 0 Å². The van der Waals surface area contributed by atoms with E-state index in [4.69, 9.17) is 9.51 Å². The summed E-state index contributed by atoms with van der Waals surface area (Å²) in [5.41, 5.74) is 3.44. The second kappa shape index (κ2) is 8.37. The van der Waals surface area contributed by atoms with Crippen molar-refractivity contribution in [2.75, 3.05) is 0 Å². The van der Waals surface area contributed by atoms with Gasteiger partial charge < -0.3 is 14.2 Å². The molecule has 0 saturated heterocycles. The largest absolute Gasteiger partial charge is 0.389 e. The standard InChI is InChI=1S/C23H24F3N7O2S/c1-11-18(32(5)31-29-11)13-8-16-17(27-9-13)20-19(21(30-36-20)22(3,4)34)33(16)15(6-7-23(24,25)26)14-10-28-35-12(14)2/h8-10,15,34H,6-7H2,1-5H3. The molecule has 13 heteroatoms. The lowest BCUT2D eigenvalue weighted by molar-refractivity contribution is -0.136. The monoisotopic (exact) mass is 519 g/mol. The normalized spacial score (nSPS) is 13.8. The number of nitrogens with zero attached hydrogens (tertiary/aromatic N) is 7. The number of pyridine rings is 1. The van der Waals surface area contributed by atoms with Crippen LogP contribution in [0.5, 0.6) is 0 Å². The average Bonchev–Trinajstić information content (AvgIpc) is 3.53. The molecule has 0 aliphatic heterocycles. The smallest absolute Gasteiger partial charge is 0.384 e. The lowest BCUT2D eigenvalue weighted by Gasteiger charge is -2.23. The number of fused-ring (bicyclic) bond motifs is 3. The summed E-state index contributed by atoms with van der Waals surface area (Å²) in [4.78, 5) is 4.70. The van der Waals surface area contributed by atoms with Gasteiger partial charge in [-0.15, -0.1) is 5.10 Å². The average molecular weight is 520 g/mol. The zero-order valence-electron chi connectivity index (χ0n) is 20.3. The highest BCUT2D eigenvalue weighted by Crippen LogP contribution is 2.43. The van der Waals surface area contributed by atoms with Crippen LogP contribution in [0.4, 0.5) is 13.2 Å². The Morgan fingerprint density at radius 2 is 1.94 bits per heavy atom. The number of hydrogen-bond donors (Lipinski definition) is 1. The molecule has 0 aliphatic carbocycles. The molecule has 0 fully saturated rings. The Morgan fingerprint density at radius 1 is 1.19 bits per heavy atom. The lowest BCUT2D eigenvalue weighted by Crippen LogP contribution is -2.20. The van der Waals surface area contributed by atoms with Gasteiger partial charge in [-0.2, -0.15) is 17.5 Å². The van der Waals surface area contributed by atoms with Crippen LogP contribution in [0.25, 0.3) is 32.5 Å². The second-order valence-electron chi connectivity index (χ2n) is 9.38. The molecule has 0 radical (unpaired) electrons. The number of alkyl halides is 3. The molecular formula is C23H24F3N7O2S.